The van der Waals surface area contributed by atoms with Crippen LogP contribution in [0.4, 0.5) is 13.2 Å². The van der Waals surface area contributed by atoms with Gasteiger partial charge in [-0.1, -0.05) is 0 Å². The zero-order chi connectivity index (χ0) is 13.9. The second-order valence-corrected chi connectivity index (χ2v) is 4.33. The van der Waals surface area contributed by atoms with Crippen LogP contribution in [0.3, 0.4) is 0 Å². The average Bonchev–Trinajstić information content (AvgIpc) is 2.66. The van der Waals surface area contributed by atoms with Crippen LogP contribution in [0.1, 0.15) is 22.5 Å². The maximum atomic E-state index is 12.4. The molecule has 0 aromatic carbocycles. The van der Waals surface area contributed by atoms with Gasteiger partial charge in [0.05, 0.1) is 5.56 Å². The lowest BCUT2D eigenvalue weighted by molar-refractivity contribution is -0.137. The van der Waals surface area contributed by atoms with Crippen molar-refractivity contribution in [1.29, 1.82) is 0 Å². The molecule has 4 nitrogen and oxygen atoms in total. The molecule has 1 amide bonds. The average molecular weight is 273 g/mol. The van der Waals surface area contributed by atoms with Gasteiger partial charge in [0.2, 0.25) is 0 Å². The Morgan fingerprint density at radius 3 is 2.68 bits per heavy atom. The number of pyridine rings is 1. The molecule has 2 heterocycles. The van der Waals surface area contributed by atoms with Crippen LogP contribution >= 0.6 is 0 Å². The topological polar surface area (TPSA) is 45.2 Å². The van der Waals surface area contributed by atoms with E-state index in [4.69, 9.17) is 0 Å². The fraction of sp³-hybridized carbons (Fsp3) is 0.500. The van der Waals surface area contributed by atoms with E-state index < -0.39 is 11.7 Å². The molecule has 0 atom stereocenters. The van der Waals surface area contributed by atoms with Crippen LogP contribution in [-0.2, 0) is 6.18 Å². The Bertz CT molecular complexity index is 437. The summed E-state index contributed by atoms with van der Waals surface area (Å²) in [5, 5.41) is 3.15. The Morgan fingerprint density at radius 1 is 1.26 bits per heavy atom. The van der Waals surface area contributed by atoms with Crippen molar-refractivity contribution in [1.82, 2.24) is 15.2 Å². The number of hydrogen-bond acceptors (Lipinski definition) is 3. The number of rotatable bonds is 1. The number of hydrogen-bond donors (Lipinski definition) is 1. The van der Waals surface area contributed by atoms with Crippen LogP contribution in [0.25, 0.3) is 0 Å². The summed E-state index contributed by atoms with van der Waals surface area (Å²) in [6.45, 7) is 2.66. The summed E-state index contributed by atoms with van der Waals surface area (Å²) in [6.07, 6.45) is -2.91. The first-order chi connectivity index (χ1) is 8.98. The van der Waals surface area contributed by atoms with Crippen LogP contribution in [-0.4, -0.2) is 42.0 Å². The molecule has 104 valence electrons. The minimum absolute atomic E-state index is 0.0508. The summed E-state index contributed by atoms with van der Waals surface area (Å²) >= 11 is 0. The lowest BCUT2D eigenvalue weighted by Crippen LogP contribution is -2.34. The molecule has 1 aliphatic heterocycles. The van der Waals surface area contributed by atoms with E-state index in [2.05, 4.69) is 10.3 Å². The summed E-state index contributed by atoms with van der Waals surface area (Å²) in [4.78, 5) is 17.3. The van der Waals surface area contributed by atoms with E-state index in [1.807, 2.05) is 0 Å². The highest BCUT2D eigenvalue weighted by atomic mass is 19.4. The molecule has 1 aliphatic rings. The van der Waals surface area contributed by atoms with Gasteiger partial charge in [-0.3, -0.25) is 9.78 Å². The molecule has 19 heavy (non-hydrogen) atoms. The smallest absolute Gasteiger partial charge is 0.336 e. The number of halogens is 3. The minimum atomic E-state index is -4.43. The van der Waals surface area contributed by atoms with Crippen molar-refractivity contribution in [3.05, 3.63) is 29.6 Å². The molecule has 1 saturated heterocycles. The molecular weight excluding hydrogens is 259 g/mol. The first-order valence-electron chi connectivity index (χ1n) is 6.02. The van der Waals surface area contributed by atoms with Gasteiger partial charge in [0, 0.05) is 25.8 Å². The third-order valence-corrected chi connectivity index (χ3v) is 2.94. The summed E-state index contributed by atoms with van der Waals surface area (Å²) in [7, 11) is 0. The first-order valence-corrected chi connectivity index (χ1v) is 6.02. The number of aromatic nitrogens is 1. The van der Waals surface area contributed by atoms with E-state index in [-0.39, 0.29) is 11.6 Å². The van der Waals surface area contributed by atoms with Crippen LogP contribution in [0.5, 0.6) is 0 Å². The first kappa shape index (κ1) is 13.8. The van der Waals surface area contributed by atoms with Crippen molar-refractivity contribution < 1.29 is 18.0 Å². The van der Waals surface area contributed by atoms with Crippen molar-refractivity contribution in [3.63, 3.8) is 0 Å². The zero-order valence-electron chi connectivity index (χ0n) is 10.2. The lowest BCUT2D eigenvalue weighted by Gasteiger charge is -2.19. The Labute approximate surface area is 108 Å². The second-order valence-electron chi connectivity index (χ2n) is 4.33. The van der Waals surface area contributed by atoms with E-state index in [1.54, 1.807) is 4.90 Å². The molecule has 1 aromatic heterocycles. The Morgan fingerprint density at radius 2 is 2.05 bits per heavy atom. The summed E-state index contributed by atoms with van der Waals surface area (Å²) < 4.78 is 37.2. The van der Waals surface area contributed by atoms with E-state index in [0.717, 1.165) is 25.1 Å². The van der Waals surface area contributed by atoms with Crippen LogP contribution in [0.2, 0.25) is 0 Å². The molecule has 0 aliphatic carbocycles. The number of nitrogens with one attached hydrogen (secondary N) is 1. The molecule has 0 unspecified atom stereocenters. The van der Waals surface area contributed by atoms with E-state index in [9.17, 15) is 18.0 Å². The maximum absolute atomic E-state index is 12.4. The Kier molecular flexibility index (Phi) is 4.04. The molecule has 0 spiro atoms. The molecular formula is C12H14F3N3O. The van der Waals surface area contributed by atoms with E-state index in [1.165, 1.54) is 0 Å². The largest absolute Gasteiger partial charge is 0.417 e. The van der Waals surface area contributed by atoms with Crippen molar-refractivity contribution in [3.8, 4) is 0 Å². The molecule has 2 rings (SSSR count). The van der Waals surface area contributed by atoms with Gasteiger partial charge in [-0.05, 0) is 25.1 Å². The van der Waals surface area contributed by atoms with Gasteiger partial charge in [-0.2, -0.15) is 13.2 Å². The summed E-state index contributed by atoms with van der Waals surface area (Å²) in [6, 6.07) is 2.01. The van der Waals surface area contributed by atoms with Gasteiger partial charge in [0.15, 0.2) is 0 Å². The Hall–Kier alpha value is -1.63. The standard InChI is InChI=1S/C12H14F3N3O/c13-12(14,15)9-2-3-10(17-8-9)11(19)18-6-1-4-16-5-7-18/h2-3,8,16H,1,4-7H2. The highest BCUT2D eigenvalue weighted by Crippen LogP contribution is 2.28. The Balaban J connectivity index is 2.10. The summed E-state index contributed by atoms with van der Waals surface area (Å²) in [5.41, 5.74) is -0.795. The predicted molar refractivity (Wildman–Crippen MR) is 62.6 cm³/mol. The van der Waals surface area contributed by atoms with Crippen molar-refractivity contribution in [2.75, 3.05) is 26.2 Å². The molecule has 1 fully saturated rings. The lowest BCUT2D eigenvalue weighted by atomic mass is 10.2. The number of carbonyl (C=O) groups is 1. The van der Waals surface area contributed by atoms with Crippen LogP contribution < -0.4 is 5.32 Å². The SMILES string of the molecule is O=C(c1ccc(C(F)(F)F)cn1)N1CCCNCC1. The van der Waals surface area contributed by atoms with Gasteiger partial charge in [0.1, 0.15) is 5.69 Å². The fourth-order valence-electron chi connectivity index (χ4n) is 1.90. The minimum Gasteiger partial charge on any atom is -0.336 e. The van der Waals surface area contributed by atoms with Crippen molar-refractivity contribution in [2.45, 2.75) is 12.6 Å². The molecule has 1 N–H and O–H groups in total. The van der Waals surface area contributed by atoms with Crippen LogP contribution in [0, 0.1) is 0 Å². The number of alkyl halides is 3. The monoisotopic (exact) mass is 273 g/mol. The molecule has 0 bridgehead atoms. The number of nitrogens with zero attached hydrogens (tertiary/aromatic N) is 2. The zero-order valence-corrected chi connectivity index (χ0v) is 10.2. The molecule has 0 saturated carbocycles. The van der Waals surface area contributed by atoms with Gasteiger partial charge in [-0.15, -0.1) is 0 Å². The third-order valence-electron chi connectivity index (χ3n) is 2.94. The van der Waals surface area contributed by atoms with Crippen LogP contribution in [0.15, 0.2) is 18.3 Å². The molecule has 7 heteroatoms. The highest BCUT2D eigenvalue weighted by molar-refractivity contribution is 5.92. The second kappa shape index (κ2) is 5.56. The fourth-order valence-corrected chi connectivity index (χ4v) is 1.90. The van der Waals surface area contributed by atoms with Gasteiger partial charge >= 0.3 is 6.18 Å². The van der Waals surface area contributed by atoms with E-state index in [0.29, 0.717) is 25.8 Å². The van der Waals surface area contributed by atoms with Crippen molar-refractivity contribution in [2.24, 2.45) is 0 Å². The number of amides is 1. The van der Waals surface area contributed by atoms with E-state index >= 15 is 0 Å². The van der Waals surface area contributed by atoms with Crippen molar-refractivity contribution >= 4 is 5.91 Å². The normalized spacial score (nSPS) is 17.1. The summed E-state index contributed by atoms with van der Waals surface area (Å²) in [5.74, 6) is -0.322. The van der Waals surface area contributed by atoms with Gasteiger partial charge in [0.25, 0.3) is 5.91 Å². The molecule has 0 radical (unpaired) electrons. The van der Waals surface area contributed by atoms with Gasteiger partial charge in [-0.25, -0.2) is 0 Å². The van der Waals surface area contributed by atoms with Gasteiger partial charge < -0.3 is 10.2 Å². The maximum Gasteiger partial charge on any atom is 0.417 e. The highest BCUT2D eigenvalue weighted by Gasteiger charge is 2.31. The molecule has 1 aromatic rings. The third kappa shape index (κ3) is 3.44. The predicted octanol–water partition coefficient (Wildman–Crippen LogP) is 1.54. The number of carbonyl (C=O) groups excluding carboxylic acids is 1. The quantitative estimate of drug-likeness (QED) is 0.844.